The molecule has 0 atom stereocenters. The highest BCUT2D eigenvalue weighted by Crippen LogP contribution is 2.26. The molecule has 0 saturated heterocycles. The van der Waals surface area contributed by atoms with Crippen LogP contribution in [0.5, 0.6) is 17.2 Å². The summed E-state index contributed by atoms with van der Waals surface area (Å²) in [7, 11) is 4.64. The Morgan fingerprint density at radius 2 is 1.58 bits per heavy atom. The molecule has 10 nitrogen and oxygen atoms in total. The fourth-order valence-electron chi connectivity index (χ4n) is 3.43. The fourth-order valence-corrected chi connectivity index (χ4v) is 3.43. The second-order valence-electron chi connectivity index (χ2n) is 7.20. The van der Waals surface area contributed by atoms with E-state index in [1.54, 1.807) is 38.3 Å². The average molecular weight is 449 g/mol. The SMILES string of the molecule is COc1ccc(-c2cc3nn(CC(=O)Nc4cc(OC)cc(OC)c4)c(=O)n3c(C)n2)cc1. The summed E-state index contributed by atoms with van der Waals surface area (Å²) in [5.41, 5.74) is 1.94. The van der Waals surface area contributed by atoms with Gasteiger partial charge in [-0.3, -0.25) is 4.79 Å². The van der Waals surface area contributed by atoms with Crippen LogP contribution in [0.1, 0.15) is 5.82 Å². The van der Waals surface area contributed by atoms with Gasteiger partial charge in [0, 0.05) is 35.5 Å². The van der Waals surface area contributed by atoms with E-state index in [1.807, 2.05) is 24.3 Å². The summed E-state index contributed by atoms with van der Waals surface area (Å²) in [6, 6.07) is 14.1. The van der Waals surface area contributed by atoms with Gasteiger partial charge in [-0.15, -0.1) is 5.10 Å². The molecule has 0 spiro atoms. The van der Waals surface area contributed by atoms with Gasteiger partial charge in [0.1, 0.15) is 29.6 Å². The van der Waals surface area contributed by atoms with E-state index in [1.165, 1.54) is 18.6 Å². The Morgan fingerprint density at radius 3 is 2.18 bits per heavy atom. The van der Waals surface area contributed by atoms with E-state index in [0.717, 1.165) is 16.0 Å². The van der Waals surface area contributed by atoms with Gasteiger partial charge < -0.3 is 19.5 Å². The van der Waals surface area contributed by atoms with Crippen molar-refractivity contribution in [2.45, 2.75) is 13.5 Å². The van der Waals surface area contributed by atoms with E-state index in [9.17, 15) is 9.59 Å². The molecule has 33 heavy (non-hydrogen) atoms. The Morgan fingerprint density at radius 1 is 0.939 bits per heavy atom. The molecule has 10 heteroatoms. The molecule has 1 N–H and O–H groups in total. The van der Waals surface area contributed by atoms with Gasteiger partial charge in [0.2, 0.25) is 5.91 Å². The number of carbonyl (C=O) groups is 1. The molecule has 0 unspecified atom stereocenters. The van der Waals surface area contributed by atoms with Crippen molar-refractivity contribution in [3.8, 4) is 28.5 Å². The molecule has 0 radical (unpaired) electrons. The molecule has 2 aromatic carbocycles. The number of methoxy groups -OCH3 is 3. The van der Waals surface area contributed by atoms with Crippen LogP contribution in [-0.4, -0.2) is 46.4 Å². The number of nitrogens with one attached hydrogen (secondary N) is 1. The first kappa shape index (κ1) is 21.9. The molecule has 0 bridgehead atoms. The fraction of sp³-hybridized carbons (Fsp3) is 0.217. The highest BCUT2D eigenvalue weighted by Gasteiger charge is 2.15. The normalized spacial score (nSPS) is 10.8. The van der Waals surface area contributed by atoms with Gasteiger partial charge in [-0.1, -0.05) is 0 Å². The second-order valence-corrected chi connectivity index (χ2v) is 7.20. The molecule has 2 aromatic heterocycles. The molecule has 0 saturated carbocycles. The van der Waals surface area contributed by atoms with Gasteiger partial charge in [-0.05, 0) is 31.2 Å². The predicted octanol–water partition coefficient (Wildman–Crippen LogP) is 2.53. The zero-order valence-electron chi connectivity index (χ0n) is 18.7. The zero-order chi connectivity index (χ0) is 23.5. The number of benzene rings is 2. The number of nitrogens with zero attached hydrogens (tertiary/aromatic N) is 4. The topological polar surface area (TPSA) is 109 Å². The number of anilines is 1. The highest BCUT2D eigenvalue weighted by molar-refractivity contribution is 5.91. The summed E-state index contributed by atoms with van der Waals surface area (Å²) in [6.45, 7) is 1.45. The van der Waals surface area contributed by atoms with Crippen molar-refractivity contribution in [1.29, 1.82) is 0 Å². The van der Waals surface area contributed by atoms with Gasteiger partial charge in [0.25, 0.3) is 0 Å². The van der Waals surface area contributed by atoms with Crippen LogP contribution in [0.2, 0.25) is 0 Å². The number of rotatable bonds is 7. The third kappa shape index (κ3) is 4.49. The number of amides is 1. The molecule has 1 amide bonds. The lowest BCUT2D eigenvalue weighted by atomic mass is 10.1. The van der Waals surface area contributed by atoms with E-state index in [2.05, 4.69) is 15.4 Å². The van der Waals surface area contributed by atoms with Gasteiger partial charge in [0.05, 0.1) is 27.0 Å². The molecule has 0 aliphatic carbocycles. The predicted molar refractivity (Wildman–Crippen MR) is 122 cm³/mol. The first-order chi connectivity index (χ1) is 15.9. The van der Waals surface area contributed by atoms with Crippen LogP contribution in [-0.2, 0) is 11.3 Å². The third-order valence-electron chi connectivity index (χ3n) is 5.05. The highest BCUT2D eigenvalue weighted by atomic mass is 16.5. The average Bonchev–Trinajstić information content (AvgIpc) is 3.13. The minimum Gasteiger partial charge on any atom is -0.497 e. The summed E-state index contributed by atoms with van der Waals surface area (Å²) in [6.07, 6.45) is 0. The van der Waals surface area contributed by atoms with E-state index in [4.69, 9.17) is 14.2 Å². The second kappa shape index (κ2) is 9.03. The van der Waals surface area contributed by atoms with E-state index in [-0.39, 0.29) is 6.54 Å². The number of hydrogen-bond acceptors (Lipinski definition) is 7. The minimum atomic E-state index is -0.449. The number of ether oxygens (including phenoxy) is 3. The van der Waals surface area contributed by atoms with Crippen molar-refractivity contribution in [1.82, 2.24) is 19.2 Å². The van der Waals surface area contributed by atoms with Crippen molar-refractivity contribution >= 4 is 17.2 Å². The van der Waals surface area contributed by atoms with Crippen LogP contribution in [0.15, 0.2) is 53.3 Å². The largest absolute Gasteiger partial charge is 0.497 e. The van der Waals surface area contributed by atoms with Crippen molar-refractivity contribution in [2.75, 3.05) is 26.6 Å². The third-order valence-corrected chi connectivity index (χ3v) is 5.05. The number of carbonyl (C=O) groups excluding carboxylic acids is 1. The molecular formula is C23H23N5O5. The van der Waals surface area contributed by atoms with Crippen LogP contribution < -0.4 is 25.2 Å². The smallest absolute Gasteiger partial charge is 0.352 e. The van der Waals surface area contributed by atoms with Crippen molar-refractivity contribution < 1.29 is 19.0 Å². The van der Waals surface area contributed by atoms with Crippen LogP contribution in [0.3, 0.4) is 0 Å². The lowest BCUT2D eigenvalue weighted by molar-refractivity contribution is -0.117. The summed E-state index contributed by atoms with van der Waals surface area (Å²) in [4.78, 5) is 30.0. The van der Waals surface area contributed by atoms with Gasteiger partial charge in [0.15, 0.2) is 5.65 Å². The Bertz CT molecular complexity index is 1350. The maximum absolute atomic E-state index is 12.9. The molecule has 2 heterocycles. The number of hydrogen-bond donors (Lipinski definition) is 1. The van der Waals surface area contributed by atoms with E-state index < -0.39 is 11.6 Å². The molecule has 0 aliphatic heterocycles. The molecule has 0 fully saturated rings. The standard InChI is InChI=1S/C23H23N5O5/c1-14-24-20(15-5-7-17(31-2)8-6-15)12-21-26-27(23(30)28(14)21)13-22(29)25-16-9-18(32-3)11-19(10-16)33-4/h5-12H,13H2,1-4H3,(H,25,29). The van der Waals surface area contributed by atoms with Crippen LogP contribution in [0.4, 0.5) is 5.69 Å². The summed E-state index contributed by atoms with van der Waals surface area (Å²) >= 11 is 0. The number of fused-ring (bicyclic) bond motifs is 1. The van der Waals surface area contributed by atoms with Crippen LogP contribution >= 0.6 is 0 Å². The summed E-state index contributed by atoms with van der Waals surface area (Å²) in [5, 5.41) is 7.07. The van der Waals surface area contributed by atoms with Crippen LogP contribution in [0.25, 0.3) is 16.9 Å². The molecular weight excluding hydrogens is 426 g/mol. The zero-order valence-corrected chi connectivity index (χ0v) is 18.7. The number of aromatic nitrogens is 4. The lowest BCUT2D eigenvalue weighted by Crippen LogP contribution is -2.28. The number of aryl methyl sites for hydroxylation is 1. The Balaban J connectivity index is 1.60. The molecule has 4 aromatic rings. The quantitative estimate of drug-likeness (QED) is 0.462. The lowest BCUT2D eigenvalue weighted by Gasteiger charge is -2.09. The van der Waals surface area contributed by atoms with E-state index in [0.29, 0.717) is 34.4 Å². The Hall–Kier alpha value is -4.34. The Labute approximate surface area is 189 Å². The Kier molecular flexibility index (Phi) is 5.99. The molecule has 4 rings (SSSR count). The maximum atomic E-state index is 12.9. The molecule has 170 valence electrons. The summed E-state index contributed by atoms with van der Waals surface area (Å²) in [5.74, 6) is 1.84. The van der Waals surface area contributed by atoms with Gasteiger partial charge in [-0.25, -0.2) is 18.9 Å². The van der Waals surface area contributed by atoms with Gasteiger partial charge in [-0.2, -0.15) is 0 Å². The van der Waals surface area contributed by atoms with Crippen molar-refractivity contribution in [3.63, 3.8) is 0 Å². The summed E-state index contributed by atoms with van der Waals surface area (Å²) < 4.78 is 18.1. The maximum Gasteiger partial charge on any atom is 0.352 e. The minimum absolute atomic E-state index is 0.267. The van der Waals surface area contributed by atoms with Crippen molar-refractivity contribution in [3.05, 3.63) is 64.8 Å². The molecule has 0 aliphatic rings. The van der Waals surface area contributed by atoms with Crippen molar-refractivity contribution in [2.24, 2.45) is 0 Å². The first-order valence-electron chi connectivity index (χ1n) is 10.1. The van der Waals surface area contributed by atoms with Gasteiger partial charge >= 0.3 is 5.69 Å². The monoisotopic (exact) mass is 449 g/mol. The van der Waals surface area contributed by atoms with Crippen LogP contribution in [0, 0.1) is 6.92 Å². The first-order valence-corrected chi connectivity index (χ1v) is 10.1. The van der Waals surface area contributed by atoms with E-state index >= 15 is 0 Å².